The van der Waals surface area contributed by atoms with E-state index in [1.165, 1.54) is 77.2 Å². The van der Waals surface area contributed by atoms with Crippen LogP contribution < -0.4 is 0 Å². The van der Waals surface area contributed by atoms with Crippen molar-refractivity contribution in [1.29, 1.82) is 0 Å². The van der Waals surface area contributed by atoms with Crippen molar-refractivity contribution < 1.29 is 15.6 Å². The maximum atomic E-state index is 8.84. The van der Waals surface area contributed by atoms with E-state index in [2.05, 4.69) is 154 Å². The molecule has 0 heterocycles. The molecule has 8 rings (SSSR count). The molecule has 0 aliphatic heterocycles. The zero-order valence-corrected chi connectivity index (χ0v) is 38.5. The van der Waals surface area contributed by atoms with Gasteiger partial charge in [-0.3, -0.25) is 0 Å². The van der Waals surface area contributed by atoms with Gasteiger partial charge in [-0.05, 0) is 0 Å². The van der Waals surface area contributed by atoms with Gasteiger partial charge in [0.25, 0.3) is 0 Å². The molecule has 6 aromatic carbocycles. The summed E-state index contributed by atoms with van der Waals surface area (Å²) in [5, 5.41) is 4.98. The normalized spacial score (nSPS) is 18.3. The minimum absolute atomic E-state index is 0.00516. The summed E-state index contributed by atoms with van der Waals surface area (Å²) in [5.41, 5.74) is 12.7. The second-order valence-electron chi connectivity index (χ2n) is 15.3. The molecule has 0 fully saturated rings. The molecule has 0 saturated heterocycles. The van der Waals surface area contributed by atoms with Crippen LogP contribution >= 0.6 is 50.3 Å². The van der Waals surface area contributed by atoms with Gasteiger partial charge in [0.2, 0.25) is 0 Å². The molecule has 53 heavy (non-hydrogen) atoms. The third-order valence-corrected chi connectivity index (χ3v) is 65.4. The molecule has 2 aliphatic carbocycles. The van der Waals surface area contributed by atoms with Gasteiger partial charge in [-0.25, -0.2) is 0 Å². The van der Waals surface area contributed by atoms with Gasteiger partial charge in [-0.2, -0.15) is 0 Å². The molecule has 0 bridgehead atoms. The van der Waals surface area contributed by atoms with Gasteiger partial charge >= 0.3 is 341 Å². The van der Waals surface area contributed by atoms with E-state index in [9.17, 15) is 0 Å². The topological polar surface area (TPSA) is 0 Å². The van der Waals surface area contributed by atoms with Crippen molar-refractivity contribution in [2.24, 2.45) is 0 Å². The summed E-state index contributed by atoms with van der Waals surface area (Å²) in [6, 6.07) is 43.1. The number of hydrogen-bond donors (Lipinski definition) is 0. The Morgan fingerprint density at radius 3 is 1.43 bits per heavy atom. The molecule has 0 saturated carbocycles. The Hall–Kier alpha value is -1.91. The van der Waals surface area contributed by atoms with Crippen LogP contribution in [0.15, 0.2) is 132 Å². The van der Waals surface area contributed by atoms with Crippen LogP contribution in [0.1, 0.15) is 56.2 Å². The van der Waals surface area contributed by atoms with Gasteiger partial charge in [0, 0.05) is 0 Å². The van der Waals surface area contributed by atoms with Gasteiger partial charge in [0.1, 0.15) is 0 Å². The summed E-state index contributed by atoms with van der Waals surface area (Å²) < 4.78 is -0.0103. The predicted octanol–water partition coefficient (Wildman–Crippen LogP) is 15.7. The second kappa shape index (κ2) is 14.5. The number of hydrogen-bond acceptors (Lipinski definition) is 0. The SMILES string of the molecule is CC1=Cc2c(-c3cccc4ccccc34)cccc2[CH]1[Zr]([Cl])([Cl])([CH]1C(C)=Cc2c(-c3cccc4ccccc34)cccc21)[SiH](C)CCCC[Si](Cl)(Cl)Cl. The molecule has 3 atom stereocenters. The van der Waals surface area contributed by atoms with E-state index < -0.39 is 27.5 Å². The zero-order chi connectivity index (χ0) is 37.1. The van der Waals surface area contributed by atoms with E-state index in [4.69, 9.17) is 50.3 Å². The summed E-state index contributed by atoms with van der Waals surface area (Å²) in [5.74, 6) is -1.85. The molecule has 0 aromatic heterocycles. The summed E-state index contributed by atoms with van der Waals surface area (Å²) in [7, 11) is 17.7. The molecule has 0 radical (unpaired) electrons. The summed E-state index contributed by atoms with van der Waals surface area (Å²) in [6.07, 6.45) is 6.69. The van der Waals surface area contributed by atoms with Gasteiger partial charge in [0.05, 0.1) is 0 Å². The Kier molecular flexibility index (Phi) is 10.4. The molecule has 0 nitrogen and oxygen atoms in total. The number of halogens is 5. The molecule has 0 amide bonds. The van der Waals surface area contributed by atoms with Crippen molar-refractivity contribution in [2.45, 2.75) is 52.6 Å². The number of unbranched alkanes of at least 4 members (excludes halogenated alkanes) is 1. The third-order valence-electron chi connectivity index (χ3n) is 12.1. The summed E-state index contributed by atoms with van der Waals surface area (Å²) in [6.45, 7) is 7.04. The van der Waals surface area contributed by atoms with E-state index in [0.717, 1.165) is 18.9 Å². The van der Waals surface area contributed by atoms with Crippen molar-refractivity contribution in [1.82, 2.24) is 0 Å². The monoisotopic (exact) mass is 903 g/mol. The van der Waals surface area contributed by atoms with Crippen LogP contribution in [0.2, 0.25) is 18.6 Å². The average Bonchev–Trinajstić information content (AvgIpc) is 3.69. The van der Waals surface area contributed by atoms with E-state index in [1.807, 2.05) is 0 Å². The van der Waals surface area contributed by atoms with Gasteiger partial charge in [-0.1, -0.05) is 0 Å². The molecule has 6 aromatic rings. The standard InChI is InChI=1S/2C20H15.C5H12Cl3Si2.2ClH.Zr/c2*1-14-12-16-8-5-11-19(20(16)13-14)18-10-4-7-15-6-2-3-9-17(15)18;1-9-4-2-3-5-10(6,7)8;;;/h2*2-13H,1H3;9H,2-5H2,1H3;2*1H;/q;;;;;+2/p-2. The van der Waals surface area contributed by atoms with Crippen LogP contribution in [0.4, 0.5) is 0 Å². The Balaban J connectivity index is 1.30. The number of rotatable bonds is 10. The van der Waals surface area contributed by atoms with Crippen molar-refractivity contribution in [2.75, 3.05) is 0 Å². The zero-order valence-electron chi connectivity index (χ0n) is 30.2. The fourth-order valence-corrected chi connectivity index (χ4v) is 53.8. The van der Waals surface area contributed by atoms with E-state index in [1.54, 1.807) is 0 Å². The van der Waals surface area contributed by atoms with Crippen LogP contribution in [-0.4, -0.2) is 11.9 Å². The van der Waals surface area contributed by atoms with Gasteiger partial charge in [-0.15, -0.1) is 0 Å². The third kappa shape index (κ3) is 6.64. The van der Waals surface area contributed by atoms with E-state index in [-0.39, 0.29) is 7.25 Å². The summed E-state index contributed by atoms with van der Waals surface area (Å²) in [4.78, 5) is 0. The van der Waals surface area contributed by atoms with Crippen LogP contribution in [0.25, 0.3) is 56.0 Å². The van der Waals surface area contributed by atoms with Crippen molar-refractivity contribution in [3.8, 4) is 22.3 Å². The first-order valence-corrected chi connectivity index (χ1v) is 39.8. The fraction of sp³-hybridized carbons (Fsp3) is 0.200. The van der Waals surface area contributed by atoms with Crippen LogP contribution in [0.3, 0.4) is 0 Å². The Bertz CT molecular complexity index is 2300. The fourth-order valence-electron chi connectivity index (χ4n) is 9.75. The quantitative estimate of drug-likeness (QED) is 0.0730. The van der Waals surface area contributed by atoms with Gasteiger partial charge in [0.15, 0.2) is 0 Å². The van der Waals surface area contributed by atoms with Crippen LogP contribution in [0.5, 0.6) is 0 Å². The molecule has 0 spiro atoms. The minimum atomic E-state index is -5.06. The van der Waals surface area contributed by atoms with Crippen molar-refractivity contribution in [3.63, 3.8) is 0 Å². The average molecular weight is 907 g/mol. The second-order valence-corrected chi connectivity index (χ2v) is 65.9. The molecular weight excluding hydrogens is 865 g/mol. The summed E-state index contributed by atoms with van der Waals surface area (Å²) >= 11 is 14.0. The first-order valence-electron chi connectivity index (χ1n) is 18.6. The first kappa shape index (κ1) is 38.0. The Labute approximate surface area is 337 Å². The number of allylic oxidation sites excluding steroid dienone is 2. The van der Waals surface area contributed by atoms with E-state index in [0.29, 0.717) is 6.04 Å². The number of fused-ring (bicyclic) bond motifs is 4. The van der Waals surface area contributed by atoms with Gasteiger partial charge < -0.3 is 0 Å². The predicted molar refractivity (Wildman–Crippen MR) is 238 cm³/mol. The first-order chi connectivity index (χ1) is 25.4. The molecule has 3 unspecified atom stereocenters. The Morgan fingerprint density at radius 2 is 0.962 bits per heavy atom. The molecule has 269 valence electrons. The van der Waals surface area contributed by atoms with Crippen LogP contribution in [0, 0.1) is 0 Å². The maximum absolute atomic E-state index is 8.84. The molecular formula is C45H42Cl5Si2Zr. The van der Waals surface area contributed by atoms with Crippen molar-refractivity contribution >= 4 is 95.9 Å². The van der Waals surface area contributed by atoms with E-state index >= 15 is 0 Å². The Morgan fingerprint density at radius 1 is 0.547 bits per heavy atom. The van der Waals surface area contributed by atoms with Crippen LogP contribution in [-0.2, 0) is 15.6 Å². The number of benzene rings is 6. The molecule has 0 N–H and O–H groups in total. The molecule has 8 heteroatoms. The van der Waals surface area contributed by atoms with Crippen molar-refractivity contribution in [3.05, 3.63) is 155 Å². The molecule has 2 aliphatic rings.